The predicted molar refractivity (Wildman–Crippen MR) is 80.5 cm³/mol. The lowest BCUT2D eigenvalue weighted by Crippen LogP contribution is -2.31. The number of amides is 1. The average Bonchev–Trinajstić information content (AvgIpc) is 2.75. The van der Waals surface area contributed by atoms with Crippen LogP contribution in [0.15, 0.2) is 33.6 Å². The largest absolute Gasteiger partial charge is 0.361 e. The molecule has 0 radical (unpaired) electrons. The molecular formula is C16H19FN2O3. The summed E-state index contributed by atoms with van der Waals surface area (Å²) in [7, 11) is 1.60. The van der Waals surface area contributed by atoms with Gasteiger partial charge in [0.1, 0.15) is 5.82 Å². The predicted octanol–water partition coefficient (Wildman–Crippen LogP) is 3.11. The Labute approximate surface area is 127 Å². The van der Waals surface area contributed by atoms with Crippen LogP contribution in [0.5, 0.6) is 0 Å². The highest BCUT2D eigenvalue weighted by molar-refractivity contribution is 5.76. The molecular weight excluding hydrogens is 287 g/mol. The fraction of sp³-hybridized carbons (Fsp3) is 0.375. The van der Waals surface area contributed by atoms with Gasteiger partial charge in [-0.05, 0) is 30.5 Å². The van der Waals surface area contributed by atoms with E-state index in [-0.39, 0.29) is 18.3 Å². The summed E-state index contributed by atoms with van der Waals surface area (Å²) >= 11 is 0. The van der Waals surface area contributed by atoms with Crippen molar-refractivity contribution in [3.63, 3.8) is 0 Å². The Morgan fingerprint density at radius 2 is 1.91 bits per heavy atom. The normalized spacial score (nSPS) is 11.0. The van der Waals surface area contributed by atoms with Crippen molar-refractivity contribution in [1.29, 1.82) is 0 Å². The summed E-state index contributed by atoms with van der Waals surface area (Å²) in [5.41, 5.74) is 1.31. The highest BCUT2D eigenvalue weighted by Gasteiger charge is 2.22. The second-order valence-corrected chi connectivity index (χ2v) is 5.59. The van der Waals surface area contributed by atoms with E-state index in [2.05, 4.69) is 0 Å². The topological polar surface area (TPSA) is 55.5 Å². The van der Waals surface area contributed by atoms with Crippen LogP contribution in [-0.4, -0.2) is 22.7 Å². The first kappa shape index (κ1) is 16.0. The van der Waals surface area contributed by atoms with Crippen molar-refractivity contribution in [2.24, 2.45) is 0 Å². The summed E-state index contributed by atoms with van der Waals surface area (Å²) in [6.07, 6.45) is 0. The molecule has 1 aromatic carbocycles. The summed E-state index contributed by atoms with van der Waals surface area (Å²) in [4.78, 5) is 25.6. The fourth-order valence-electron chi connectivity index (χ4n) is 2.38. The number of aromatic nitrogens is 1. The van der Waals surface area contributed by atoms with Crippen molar-refractivity contribution >= 4 is 6.03 Å². The lowest BCUT2D eigenvalue weighted by atomic mass is 10.1. The standard InChI is InChI=1S/C16H19FN2O3/c1-10(2)14-11(3)19(22-15(14)20)16(21)18(4)9-12-5-7-13(17)8-6-12/h5-8,10H,9H2,1-4H3. The molecule has 0 fully saturated rings. The Kier molecular flexibility index (Phi) is 4.49. The number of hydrogen-bond donors (Lipinski definition) is 0. The maximum atomic E-state index is 12.9. The van der Waals surface area contributed by atoms with Gasteiger partial charge in [-0.3, -0.25) is 0 Å². The highest BCUT2D eigenvalue weighted by atomic mass is 19.1. The molecule has 0 bridgehead atoms. The average molecular weight is 306 g/mol. The molecule has 1 heterocycles. The summed E-state index contributed by atoms with van der Waals surface area (Å²) < 4.78 is 19.0. The number of carbonyl (C=O) groups is 1. The van der Waals surface area contributed by atoms with Crippen LogP contribution in [0.25, 0.3) is 0 Å². The summed E-state index contributed by atoms with van der Waals surface area (Å²) in [5.74, 6) is -0.348. The molecule has 0 N–H and O–H groups in total. The highest BCUT2D eigenvalue weighted by Crippen LogP contribution is 2.16. The number of rotatable bonds is 3. The molecule has 0 aliphatic heterocycles. The smallest absolute Gasteiger partial charge is 0.327 e. The van der Waals surface area contributed by atoms with Gasteiger partial charge in [-0.25, -0.2) is 14.0 Å². The molecule has 2 aromatic rings. The van der Waals surface area contributed by atoms with E-state index in [1.807, 2.05) is 13.8 Å². The first-order valence-corrected chi connectivity index (χ1v) is 7.04. The van der Waals surface area contributed by atoms with Crippen molar-refractivity contribution in [3.8, 4) is 0 Å². The molecule has 0 unspecified atom stereocenters. The van der Waals surface area contributed by atoms with E-state index < -0.39 is 11.7 Å². The van der Waals surface area contributed by atoms with Crippen molar-refractivity contribution < 1.29 is 13.7 Å². The van der Waals surface area contributed by atoms with Gasteiger partial charge in [-0.2, -0.15) is 0 Å². The molecule has 1 amide bonds. The van der Waals surface area contributed by atoms with Gasteiger partial charge in [0.25, 0.3) is 0 Å². The van der Waals surface area contributed by atoms with Crippen LogP contribution < -0.4 is 5.63 Å². The van der Waals surface area contributed by atoms with Crippen LogP contribution in [-0.2, 0) is 6.54 Å². The van der Waals surface area contributed by atoms with Gasteiger partial charge in [-0.1, -0.05) is 26.0 Å². The van der Waals surface area contributed by atoms with Gasteiger partial charge in [0.2, 0.25) is 0 Å². The zero-order chi connectivity index (χ0) is 16.4. The van der Waals surface area contributed by atoms with Gasteiger partial charge in [-0.15, -0.1) is 4.74 Å². The lowest BCUT2D eigenvalue weighted by Gasteiger charge is -2.17. The van der Waals surface area contributed by atoms with Crippen LogP contribution >= 0.6 is 0 Å². The third-order valence-electron chi connectivity index (χ3n) is 3.50. The van der Waals surface area contributed by atoms with Crippen molar-refractivity contribution in [2.45, 2.75) is 33.2 Å². The van der Waals surface area contributed by atoms with Crippen LogP contribution in [0.4, 0.5) is 9.18 Å². The van der Waals surface area contributed by atoms with E-state index in [9.17, 15) is 14.0 Å². The Hall–Kier alpha value is -2.37. The molecule has 1 aromatic heterocycles. The molecule has 22 heavy (non-hydrogen) atoms. The molecule has 5 nitrogen and oxygen atoms in total. The minimum absolute atomic E-state index is 0.0206. The monoisotopic (exact) mass is 306 g/mol. The SMILES string of the molecule is Cc1c(C(C)C)c(=O)on1C(=O)N(C)Cc1ccc(F)cc1. The quantitative estimate of drug-likeness (QED) is 0.875. The van der Waals surface area contributed by atoms with Gasteiger partial charge >= 0.3 is 11.7 Å². The number of benzene rings is 1. The minimum Gasteiger partial charge on any atom is -0.327 e. The van der Waals surface area contributed by atoms with Gasteiger partial charge in [0, 0.05) is 13.6 Å². The molecule has 0 aliphatic rings. The first-order chi connectivity index (χ1) is 10.3. The Bertz CT molecular complexity index is 729. The van der Waals surface area contributed by atoms with Crippen LogP contribution in [0, 0.1) is 12.7 Å². The first-order valence-electron chi connectivity index (χ1n) is 7.04. The van der Waals surface area contributed by atoms with E-state index >= 15 is 0 Å². The van der Waals surface area contributed by atoms with Crippen molar-refractivity contribution in [2.75, 3.05) is 7.05 Å². The second-order valence-electron chi connectivity index (χ2n) is 5.59. The molecule has 0 spiro atoms. The van der Waals surface area contributed by atoms with Crippen LogP contribution in [0.2, 0.25) is 0 Å². The minimum atomic E-state index is -0.490. The Morgan fingerprint density at radius 1 is 1.32 bits per heavy atom. The Balaban J connectivity index is 2.22. The molecule has 0 saturated heterocycles. The molecule has 118 valence electrons. The maximum Gasteiger partial charge on any atom is 0.361 e. The molecule has 0 aliphatic carbocycles. The number of halogens is 1. The second kappa shape index (κ2) is 6.17. The van der Waals surface area contributed by atoms with E-state index in [0.29, 0.717) is 11.3 Å². The van der Waals surface area contributed by atoms with Crippen LogP contribution in [0.1, 0.15) is 36.6 Å². The van der Waals surface area contributed by atoms with Gasteiger partial charge < -0.3 is 9.42 Å². The van der Waals surface area contributed by atoms with E-state index in [1.165, 1.54) is 17.0 Å². The molecule has 0 atom stereocenters. The van der Waals surface area contributed by atoms with Gasteiger partial charge in [0.05, 0.1) is 11.3 Å². The third kappa shape index (κ3) is 3.10. The zero-order valence-electron chi connectivity index (χ0n) is 13.1. The molecule has 6 heteroatoms. The maximum absolute atomic E-state index is 12.9. The van der Waals surface area contributed by atoms with E-state index in [0.717, 1.165) is 10.3 Å². The molecule has 0 saturated carbocycles. The van der Waals surface area contributed by atoms with Gasteiger partial charge in [0.15, 0.2) is 0 Å². The molecule has 2 rings (SSSR count). The number of carbonyl (C=O) groups excluding carboxylic acids is 1. The fourth-order valence-corrected chi connectivity index (χ4v) is 2.38. The summed E-state index contributed by atoms with van der Waals surface area (Å²) in [6.45, 7) is 5.72. The number of hydrogen-bond acceptors (Lipinski definition) is 3. The number of nitrogens with zero attached hydrogens (tertiary/aromatic N) is 2. The van der Waals surface area contributed by atoms with E-state index in [1.54, 1.807) is 26.1 Å². The third-order valence-corrected chi connectivity index (χ3v) is 3.50. The lowest BCUT2D eigenvalue weighted by molar-refractivity contribution is 0.172. The van der Waals surface area contributed by atoms with Crippen LogP contribution in [0.3, 0.4) is 0 Å². The van der Waals surface area contributed by atoms with Crippen molar-refractivity contribution in [1.82, 2.24) is 9.64 Å². The zero-order valence-corrected chi connectivity index (χ0v) is 13.1. The Morgan fingerprint density at radius 3 is 2.41 bits per heavy atom. The summed E-state index contributed by atoms with van der Waals surface area (Å²) in [6, 6.07) is 5.46. The van der Waals surface area contributed by atoms with E-state index in [4.69, 9.17) is 4.52 Å². The van der Waals surface area contributed by atoms with Crippen molar-refractivity contribution in [3.05, 3.63) is 57.3 Å². The summed E-state index contributed by atoms with van der Waals surface area (Å²) in [5, 5.41) is 0.